The van der Waals surface area contributed by atoms with Crippen LogP contribution in [0, 0.1) is 0 Å². The van der Waals surface area contributed by atoms with Crippen LogP contribution in [0.5, 0.6) is 0 Å². The van der Waals surface area contributed by atoms with Crippen LogP contribution in [0.4, 0.5) is 0 Å². The van der Waals surface area contributed by atoms with E-state index in [1.165, 1.54) is 89.9 Å². The van der Waals surface area contributed by atoms with Gasteiger partial charge >= 0.3 is 0 Å². The lowest BCUT2D eigenvalue weighted by atomic mass is 9.96. The van der Waals surface area contributed by atoms with Gasteiger partial charge in [0.25, 0.3) is 0 Å². The summed E-state index contributed by atoms with van der Waals surface area (Å²) >= 11 is 0. The molecule has 100 heavy (non-hydrogen) atoms. The van der Waals surface area contributed by atoms with E-state index in [1.807, 2.05) is 0 Å². The third-order valence-electron chi connectivity index (χ3n) is 18.2. The highest BCUT2D eigenvalue weighted by atomic mass is 16.8. The number of aliphatic hydroxyl groups excluding tert-OH is 11. The Bertz CT molecular complexity index is 2330. The second-order valence-corrected chi connectivity index (χ2v) is 26.7. The molecule has 0 aromatic carbocycles. The average molecular weight is 1410 g/mol. The topological polar surface area (TPSA) is 307 Å². The number of allylic oxidation sites excluding steroid dienone is 22. The molecule has 0 radical (unpaired) electrons. The summed E-state index contributed by atoms with van der Waals surface area (Å²) in [5.41, 5.74) is 0. The Labute approximate surface area is 600 Å². The van der Waals surface area contributed by atoms with Crippen molar-refractivity contribution in [1.29, 1.82) is 0 Å². The molecule has 0 saturated carbocycles. The molecule has 17 atom stereocenters. The first kappa shape index (κ1) is 90.1. The van der Waals surface area contributed by atoms with Gasteiger partial charge < -0.3 is 89.9 Å². The van der Waals surface area contributed by atoms with Crippen LogP contribution < -0.4 is 5.32 Å². The van der Waals surface area contributed by atoms with Gasteiger partial charge in [-0.25, -0.2) is 0 Å². The molecular formula is C81H135NO18. The van der Waals surface area contributed by atoms with E-state index >= 15 is 0 Å². The van der Waals surface area contributed by atoms with Gasteiger partial charge in [0.1, 0.15) is 73.2 Å². The van der Waals surface area contributed by atoms with E-state index in [0.29, 0.717) is 19.3 Å². The number of nitrogens with one attached hydrogen (secondary N) is 1. The van der Waals surface area contributed by atoms with Gasteiger partial charge in [0.05, 0.1) is 38.6 Å². The molecule has 19 nitrogen and oxygen atoms in total. The number of hydrogen-bond donors (Lipinski definition) is 12. The number of rotatable bonds is 58. The molecule has 0 aliphatic carbocycles. The van der Waals surface area contributed by atoms with Gasteiger partial charge in [-0.1, -0.05) is 270 Å². The molecule has 0 aromatic rings. The summed E-state index contributed by atoms with van der Waals surface area (Å²) < 4.78 is 34.4. The first-order chi connectivity index (χ1) is 48.8. The molecule has 12 N–H and O–H groups in total. The van der Waals surface area contributed by atoms with Crippen LogP contribution in [0.15, 0.2) is 134 Å². The van der Waals surface area contributed by atoms with Crippen molar-refractivity contribution in [3.63, 3.8) is 0 Å². The monoisotopic (exact) mass is 1410 g/mol. The summed E-state index contributed by atoms with van der Waals surface area (Å²) in [5, 5.41) is 121. The number of unbranched alkanes of at least 4 members (excludes halogenated alkanes) is 20. The Kier molecular flexibility index (Phi) is 54.3. The number of ether oxygens (including phenoxy) is 6. The van der Waals surface area contributed by atoms with Gasteiger partial charge in [0.2, 0.25) is 5.91 Å². The zero-order valence-corrected chi connectivity index (χ0v) is 60.9. The molecule has 17 unspecified atom stereocenters. The minimum Gasteiger partial charge on any atom is -0.394 e. The number of hydrogen-bond acceptors (Lipinski definition) is 18. The highest BCUT2D eigenvalue weighted by Crippen LogP contribution is 2.33. The third-order valence-corrected chi connectivity index (χ3v) is 18.2. The predicted octanol–water partition coefficient (Wildman–Crippen LogP) is 12.1. The summed E-state index contributed by atoms with van der Waals surface area (Å²) in [4.78, 5) is 13.5. The maximum absolute atomic E-state index is 13.5. The van der Waals surface area contributed by atoms with Crippen molar-refractivity contribution in [3.05, 3.63) is 134 Å². The lowest BCUT2D eigenvalue weighted by Crippen LogP contribution is -2.66. The van der Waals surface area contributed by atoms with E-state index in [0.717, 1.165) is 109 Å². The largest absolute Gasteiger partial charge is 0.394 e. The minimum absolute atomic E-state index is 0.218. The molecule has 3 heterocycles. The Morgan fingerprint density at radius 1 is 0.370 bits per heavy atom. The molecule has 3 saturated heterocycles. The van der Waals surface area contributed by atoms with Gasteiger partial charge in [-0.05, 0) is 96.3 Å². The summed E-state index contributed by atoms with van der Waals surface area (Å²) in [5.74, 6) is -0.279. The smallest absolute Gasteiger partial charge is 0.220 e. The predicted molar refractivity (Wildman–Crippen MR) is 396 cm³/mol. The van der Waals surface area contributed by atoms with Crippen LogP contribution >= 0.6 is 0 Å². The molecule has 19 heteroatoms. The molecule has 3 fully saturated rings. The summed E-state index contributed by atoms with van der Waals surface area (Å²) in [7, 11) is 0. The van der Waals surface area contributed by atoms with Crippen LogP contribution in [-0.4, -0.2) is 193 Å². The van der Waals surface area contributed by atoms with E-state index in [1.54, 1.807) is 0 Å². The molecule has 0 aromatic heterocycles. The minimum atomic E-state index is -1.98. The Balaban J connectivity index is 1.39. The number of amides is 1. The van der Waals surface area contributed by atoms with Crippen molar-refractivity contribution < 1.29 is 89.4 Å². The molecule has 0 bridgehead atoms. The molecule has 0 spiro atoms. The zero-order chi connectivity index (χ0) is 72.5. The molecule has 1 amide bonds. The number of carbonyl (C=O) groups excluding carboxylic acids is 1. The quantitative estimate of drug-likeness (QED) is 0.0199. The van der Waals surface area contributed by atoms with E-state index < -0.39 is 124 Å². The van der Waals surface area contributed by atoms with Gasteiger partial charge in [-0.3, -0.25) is 4.79 Å². The lowest BCUT2D eigenvalue weighted by molar-refractivity contribution is -0.379. The van der Waals surface area contributed by atoms with E-state index in [4.69, 9.17) is 28.4 Å². The highest BCUT2D eigenvalue weighted by molar-refractivity contribution is 5.76. The molecule has 3 rings (SSSR count). The average Bonchev–Trinajstić information content (AvgIpc) is 0.783. The summed E-state index contributed by atoms with van der Waals surface area (Å²) in [6, 6.07) is -0.916. The number of carbonyl (C=O) groups is 1. The lowest BCUT2D eigenvalue weighted by Gasteiger charge is -2.48. The van der Waals surface area contributed by atoms with Crippen LogP contribution in [0.3, 0.4) is 0 Å². The maximum atomic E-state index is 13.5. The zero-order valence-electron chi connectivity index (χ0n) is 60.9. The van der Waals surface area contributed by atoms with Crippen LogP contribution in [0.1, 0.15) is 239 Å². The Hall–Kier alpha value is -4.07. The first-order valence-corrected chi connectivity index (χ1v) is 38.4. The van der Waals surface area contributed by atoms with Crippen molar-refractivity contribution >= 4 is 5.91 Å². The molecule has 3 aliphatic rings. The van der Waals surface area contributed by atoms with Crippen molar-refractivity contribution in [3.8, 4) is 0 Å². The second-order valence-electron chi connectivity index (χ2n) is 26.7. The van der Waals surface area contributed by atoms with Gasteiger partial charge in [-0.15, -0.1) is 0 Å². The number of aliphatic hydroxyl groups is 11. The summed E-state index contributed by atoms with van der Waals surface area (Å²) in [6.45, 7) is 1.66. The first-order valence-electron chi connectivity index (χ1n) is 38.4. The van der Waals surface area contributed by atoms with Crippen molar-refractivity contribution in [2.45, 2.75) is 343 Å². The fourth-order valence-electron chi connectivity index (χ4n) is 12.1. The van der Waals surface area contributed by atoms with Gasteiger partial charge in [0, 0.05) is 6.42 Å². The van der Waals surface area contributed by atoms with Crippen molar-refractivity contribution in [2.24, 2.45) is 0 Å². The van der Waals surface area contributed by atoms with E-state index in [9.17, 15) is 61.0 Å². The van der Waals surface area contributed by atoms with Crippen LogP contribution in [0.2, 0.25) is 0 Å². The molecule has 572 valence electrons. The maximum Gasteiger partial charge on any atom is 0.220 e. The fraction of sp³-hybridized carbons (Fsp3) is 0.716. The standard InChI is InChI=1S/C81H135NO18/c1-3-5-7-9-11-13-15-17-19-21-23-24-25-26-27-28-29-30-31-32-33-34-35-36-37-38-39-40-41-43-45-47-49-51-53-55-57-59-69(87)82-64(65(86)58-56-54-52-50-48-46-44-42-22-20-18-16-14-12-10-8-6-4-2)63-95-79-75(93)72(90)77(67(61-84)97-79)100-81-76(94)73(91)78(68(62-85)98-81)99-80-74(92)71(89)70(88)66(60-83)96-80/h5,7,11,13,17,19,23-24,26-27,29-30,32-33,35-36,38-39,41,43,47,49,64-68,70-81,83-86,88-94H,3-4,6,8-10,12,14-16,18,20-22,25,28,31,34,37,40,42,44-46,48,50-63H2,1-2H3,(H,82,87)/b7-5-,13-11-,19-17-,24-23-,27-26-,30-29-,33-32-,36-35-,39-38-,43-41-,49-47-. The second kappa shape index (κ2) is 60.2. The van der Waals surface area contributed by atoms with Gasteiger partial charge in [0.15, 0.2) is 18.9 Å². The van der Waals surface area contributed by atoms with E-state index in [-0.39, 0.29) is 18.9 Å². The van der Waals surface area contributed by atoms with Crippen molar-refractivity contribution in [2.75, 3.05) is 26.4 Å². The molecular weight excluding hydrogens is 1270 g/mol. The molecule has 3 aliphatic heterocycles. The van der Waals surface area contributed by atoms with Crippen LogP contribution in [-0.2, 0) is 33.2 Å². The Morgan fingerprint density at radius 3 is 1.07 bits per heavy atom. The fourth-order valence-corrected chi connectivity index (χ4v) is 12.1. The third kappa shape index (κ3) is 40.3. The summed E-state index contributed by atoms with van der Waals surface area (Å²) in [6.07, 6.45) is 58.1. The van der Waals surface area contributed by atoms with E-state index in [2.05, 4.69) is 153 Å². The van der Waals surface area contributed by atoms with Crippen molar-refractivity contribution in [1.82, 2.24) is 5.32 Å². The highest BCUT2D eigenvalue weighted by Gasteiger charge is 2.53. The Morgan fingerprint density at radius 2 is 0.690 bits per heavy atom. The SMILES string of the molecule is CC/C=C\C/C=C\C/C=C\C/C=C\C/C=C\C/C=C\C/C=C\C/C=C\C/C=C\C/C=C\C/C=C\CCCCCC(=O)NC(COC1OC(CO)C(OC2OC(CO)C(OC3OC(CO)C(O)C(O)C3O)C(O)C2O)C(O)C1O)C(O)CCCCCCCCCCCCCCCCCCCC. The normalized spacial score (nSPS) is 27.2. The van der Waals surface area contributed by atoms with Gasteiger partial charge in [-0.2, -0.15) is 0 Å². The van der Waals surface area contributed by atoms with Crippen LogP contribution in [0.25, 0.3) is 0 Å².